The van der Waals surface area contributed by atoms with E-state index in [4.69, 9.17) is 4.74 Å². The molecule has 13 heavy (non-hydrogen) atoms. The van der Waals surface area contributed by atoms with Gasteiger partial charge in [-0.05, 0) is 18.4 Å². The second-order valence-corrected chi connectivity index (χ2v) is 2.79. The number of hydrogen-bond acceptors (Lipinski definition) is 2. The van der Waals surface area contributed by atoms with Crippen LogP contribution in [0.25, 0.3) is 0 Å². The highest BCUT2D eigenvalue weighted by Crippen LogP contribution is 2.01. The number of rotatable bonds is 6. The van der Waals surface area contributed by atoms with Gasteiger partial charge in [-0.2, -0.15) is 0 Å². The Kier molecular flexibility index (Phi) is 4.87. The number of carbonyl (C=O) groups excluding carboxylic acids is 1. The minimum absolute atomic E-state index is 0.0921. The van der Waals surface area contributed by atoms with E-state index < -0.39 is 0 Å². The van der Waals surface area contributed by atoms with E-state index in [1.54, 1.807) is 6.29 Å². The van der Waals surface area contributed by atoms with Crippen molar-refractivity contribution < 1.29 is 9.53 Å². The molecule has 0 aliphatic heterocycles. The smallest absolute Gasteiger partial charge is 0.226 e. The van der Waals surface area contributed by atoms with Gasteiger partial charge in [-0.1, -0.05) is 30.3 Å². The zero-order valence-corrected chi connectivity index (χ0v) is 7.53. The molecular weight excluding hydrogens is 164 g/mol. The van der Waals surface area contributed by atoms with E-state index in [0.717, 1.165) is 12.8 Å². The zero-order chi connectivity index (χ0) is 9.36. The summed E-state index contributed by atoms with van der Waals surface area (Å²) in [5.41, 5.74) is 1.31. The van der Waals surface area contributed by atoms with Crippen molar-refractivity contribution in [3.63, 3.8) is 0 Å². The van der Waals surface area contributed by atoms with Crippen molar-refractivity contribution >= 4 is 6.29 Å². The van der Waals surface area contributed by atoms with Crippen LogP contribution in [-0.2, 0) is 16.0 Å². The molecule has 1 aromatic rings. The maximum absolute atomic E-state index is 9.79. The summed E-state index contributed by atoms with van der Waals surface area (Å²) >= 11 is 0. The van der Waals surface area contributed by atoms with Gasteiger partial charge in [0.15, 0.2) is 0 Å². The molecule has 2 nitrogen and oxygen atoms in total. The fraction of sp³-hybridized carbons (Fsp3) is 0.364. The molecule has 1 aromatic carbocycles. The van der Waals surface area contributed by atoms with Crippen molar-refractivity contribution in [1.29, 1.82) is 0 Å². The largest absolute Gasteiger partial charge is 0.373 e. The normalized spacial score (nSPS) is 9.85. The summed E-state index contributed by atoms with van der Waals surface area (Å²) in [4.78, 5) is 9.79. The van der Waals surface area contributed by atoms with E-state index in [9.17, 15) is 4.79 Å². The monoisotopic (exact) mass is 177 g/mol. The Hall–Kier alpha value is -1.15. The van der Waals surface area contributed by atoms with Gasteiger partial charge in [-0.25, -0.2) is 0 Å². The molecule has 0 aliphatic carbocycles. The summed E-state index contributed by atoms with van der Waals surface area (Å²) in [7, 11) is 0. The Balaban J connectivity index is 2.10. The maximum atomic E-state index is 9.79. The molecule has 69 valence electrons. The molecule has 0 unspecified atom stereocenters. The standard InChI is InChI=1S/C11H13O2/c12-8-10-13-9-4-7-11-5-2-1-3-6-11/h1-3,5-6H,4,7,9-10H2. The van der Waals surface area contributed by atoms with Gasteiger partial charge in [-0.3, -0.25) is 4.79 Å². The molecule has 2 heteroatoms. The van der Waals surface area contributed by atoms with Gasteiger partial charge in [0, 0.05) is 6.61 Å². The first-order valence-electron chi connectivity index (χ1n) is 4.40. The molecule has 0 aromatic heterocycles. The van der Waals surface area contributed by atoms with Crippen LogP contribution < -0.4 is 0 Å². The molecule has 0 atom stereocenters. The van der Waals surface area contributed by atoms with E-state index in [2.05, 4.69) is 12.1 Å². The molecule has 0 saturated carbocycles. The molecule has 1 rings (SSSR count). The van der Waals surface area contributed by atoms with Crippen molar-refractivity contribution in [1.82, 2.24) is 0 Å². The van der Waals surface area contributed by atoms with Crippen LogP contribution in [0.2, 0.25) is 0 Å². The topological polar surface area (TPSA) is 26.3 Å². The molecule has 0 N–H and O–H groups in total. The molecule has 1 radical (unpaired) electrons. The summed E-state index contributed by atoms with van der Waals surface area (Å²) in [5.74, 6) is 0. The van der Waals surface area contributed by atoms with E-state index >= 15 is 0 Å². The highest BCUT2D eigenvalue weighted by molar-refractivity contribution is 5.51. The summed E-state index contributed by atoms with van der Waals surface area (Å²) < 4.78 is 4.98. The lowest BCUT2D eigenvalue weighted by Gasteiger charge is -2.00. The molecule has 0 saturated heterocycles. The minimum atomic E-state index is 0.0921. The second-order valence-electron chi connectivity index (χ2n) is 2.79. The maximum Gasteiger partial charge on any atom is 0.226 e. The number of aryl methyl sites for hydroxylation is 1. The third-order valence-electron chi connectivity index (χ3n) is 1.76. The second kappa shape index (κ2) is 6.38. The SMILES string of the molecule is O=[C]COCCCc1ccccc1. The average molecular weight is 177 g/mol. The van der Waals surface area contributed by atoms with Gasteiger partial charge >= 0.3 is 0 Å². The quantitative estimate of drug-likeness (QED) is 0.619. The number of benzene rings is 1. The van der Waals surface area contributed by atoms with E-state index in [0.29, 0.717) is 6.61 Å². The Morgan fingerprint density at radius 3 is 2.69 bits per heavy atom. The molecular formula is C11H13O2. The fourth-order valence-electron chi connectivity index (χ4n) is 1.14. The lowest BCUT2D eigenvalue weighted by molar-refractivity contribution is 0.166. The van der Waals surface area contributed by atoms with Crippen molar-refractivity contribution in [2.24, 2.45) is 0 Å². The number of hydrogen-bond donors (Lipinski definition) is 0. The predicted molar refractivity (Wildman–Crippen MR) is 51.3 cm³/mol. The average Bonchev–Trinajstić information content (AvgIpc) is 2.19. The molecule has 0 spiro atoms. The molecule has 0 amide bonds. The predicted octanol–water partition coefficient (Wildman–Crippen LogP) is 1.75. The Morgan fingerprint density at radius 1 is 1.23 bits per heavy atom. The first kappa shape index (κ1) is 9.93. The molecule has 0 fully saturated rings. The highest BCUT2D eigenvalue weighted by Gasteiger charge is 1.91. The van der Waals surface area contributed by atoms with Crippen molar-refractivity contribution in [2.75, 3.05) is 13.2 Å². The van der Waals surface area contributed by atoms with Crippen LogP contribution in [0.4, 0.5) is 0 Å². The third-order valence-corrected chi connectivity index (χ3v) is 1.76. The van der Waals surface area contributed by atoms with Gasteiger partial charge in [-0.15, -0.1) is 0 Å². The Bertz CT molecular complexity index is 231. The van der Waals surface area contributed by atoms with Gasteiger partial charge in [0.2, 0.25) is 6.29 Å². The lowest BCUT2D eigenvalue weighted by Crippen LogP contribution is -1.98. The van der Waals surface area contributed by atoms with Gasteiger partial charge in [0.25, 0.3) is 0 Å². The summed E-state index contributed by atoms with van der Waals surface area (Å²) in [5, 5.41) is 0. The van der Waals surface area contributed by atoms with Crippen LogP contribution in [0, 0.1) is 0 Å². The van der Waals surface area contributed by atoms with Crippen LogP contribution in [-0.4, -0.2) is 19.5 Å². The van der Waals surface area contributed by atoms with Gasteiger partial charge < -0.3 is 4.74 Å². The van der Waals surface area contributed by atoms with Crippen LogP contribution in [0.15, 0.2) is 30.3 Å². The lowest BCUT2D eigenvalue weighted by atomic mass is 10.1. The summed E-state index contributed by atoms with van der Waals surface area (Å²) in [6.07, 6.45) is 3.64. The minimum Gasteiger partial charge on any atom is -0.373 e. The van der Waals surface area contributed by atoms with E-state index in [-0.39, 0.29) is 6.61 Å². The summed E-state index contributed by atoms with van der Waals surface area (Å²) in [6.45, 7) is 0.721. The Morgan fingerprint density at radius 2 is 2.00 bits per heavy atom. The van der Waals surface area contributed by atoms with Crippen LogP contribution in [0.1, 0.15) is 12.0 Å². The number of ether oxygens (including phenoxy) is 1. The summed E-state index contributed by atoms with van der Waals surface area (Å²) in [6, 6.07) is 10.2. The van der Waals surface area contributed by atoms with Crippen LogP contribution in [0.3, 0.4) is 0 Å². The zero-order valence-electron chi connectivity index (χ0n) is 7.53. The van der Waals surface area contributed by atoms with Crippen molar-refractivity contribution in [3.8, 4) is 0 Å². The molecule has 0 bridgehead atoms. The molecule has 0 aliphatic rings. The van der Waals surface area contributed by atoms with Crippen molar-refractivity contribution in [3.05, 3.63) is 35.9 Å². The van der Waals surface area contributed by atoms with E-state index in [1.165, 1.54) is 5.56 Å². The van der Waals surface area contributed by atoms with E-state index in [1.807, 2.05) is 18.2 Å². The van der Waals surface area contributed by atoms with Gasteiger partial charge in [0.05, 0.1) is 0 Å². The fourth-order valence-corrected chi connectivity index (χ4v) is 1.14. The first-order chi connectivity index (χ1) is 6.43. The first-order valence-corrected chi connectivity index (χ1v) is 4.40. The van der Waals surface area contributed by atoms with Gasteiger partial charge in [0.1, 0.15) is 6.61 Å². The van der Waals surface area contributed by atoms with Crippen molar-refractivity contribution in [2.45, 2.75) is 12.8 Å². The third kappa shape index (κ3) is 4.43. The Labute approximate surface area is 78.5 Å². The highest BCUT2D eigenvalue weighted by atomic mass is 16.5. The molecule has 0 heterocycles. The van der Waals surface area contributed by atoms with Crippen LogP contribution >= 0.6 is 0 Å². The van der Waals surface area contributed by atoms with Crippen LogP contribution in [0.5, 0.6) is 0 Å².